The average Bonchev–Trinajstić information content (AvgIpc) is 2.41. The maximum absolute atomic E-state index is 13.7. The Hall–Kier alpha value is -1.82. The molecule has 0 spiro atoms. The van der Waals surface area contributed by atoms with E-state index < -0.39 is 11.6 Å². The Morgan fingerprint density at radius 3 is 2.63 bits per heavy atom. The Morgan fingerprint density at radius 1 is 1.21 bits per heavy atom. The number of rotatable bonds is 3. The first kappa shape index (κ1) is 13.6. The molecule has 0 aliphatic rings. The van der Waals surface area contributed by atoms with Gasteiger partial charge in [0.25, 0.3) is 0 Å². The number of hydrogen-bond acceptors (Lipinski definition) is 3. The normalized spacial score (nSPS) is 10.3. The Bertz CT molecular complexity index is 620. The third kappa shape index (κ3) is 2.78. The summed E-state index contributed by atoms with van der Waals surface area (Å²) in [7, 11) is 1.51. The van der Waals surface area contributed by atoms with Gasteiger partial charge in [0.2, 0.25) is 0 Å². The molecule has 2 aromatic carbocycles. The van der Waals surface area contributed by atoms with E-state index >= 15 is 0 Å². The summed E-state index contributed by atoms with van der Waals surface area (Å²) in [6.07, 6.45) is 0. The zero-order valence-corrected chi connectivity index (χ0v) is 11.6. The Kier molecular flexibility index (Phi) is 3.90. The van der Waals surface area contributed by atoms with Crippen LogP contribution in [0.1, 0.15) is 0 Å². The zero-order chi connectivity index (χ0) is 14.0. The van der Waals surface area contributed by atoms with E-state index in [4.69, 9.17) is 10.5 Å². The summed E-state index contributed by atoms with van der Waals surface area (Å²) in [6.45, 7) is 0. The van der Waals surface area contributed by atoms with Crippen molar-refractivity contribution in [3.05, 3.63) is 46.4 Å². The topological polar surface area (TPSA) is 47.3 Å². The highest BCUT2D eigenvalue weighted by molar-refractivity contribution is 9.10. The van der Waals surface area contributed by atoms with Gasteiger partial charge in [0.15, 0.2) is 11.6 Å². The summed E-state index contributed by atoms with van der Waals surface area (Å²) < 4.78 is 32.7. The highest BCUT2D eigenvalue weighted by Gasteiger charge is 2.12. The first-order chi connectivity index (χ1) is 9.02. The summed E-state index contributed by atoms with van der Waals surface area (Å²) in [5.74, 6) is -1.40. The van der Waals surface area contributed by atoms with E-state index in [1.165, 1.54) is 13.2 Å². The number of nitrogens with one attached hydrogen (secondary N) is 1. The van der Waals surface area contributed by atoms with Gasteiger partial charge in [-0.2, -0.15) is 0 Å². The zero-order valence-electron chi connectivity index (χ0n) is 10.0. The van der Waals surface area contributed by atoms with Crippen molar-refractivity contribution in [1.29, 1.82) is 0 Å². The molecule has 0 saturated heterocycles. The van der Waals surface area contributed by atoms with Crippen molar-refractivity contribution in [3.63, 3.8) is 0 Å². The van der Waals surface area contributed by atoms with E-state index in [2.05, 4.69) is 21.2 Å². The highest BCUT2D eigenvalue weighted by atomic mass is 79.9. The molecule has 6 heteroatoms. The van der Waals surface area contributed by atoms with E-state index in [1.54, 1.807) is 18.2 Å². The van der Waals surface area contributed by atoms with Crippen molar-refractivity contribution in [3.8, 4) is 5.75 Å². The number of halogens is 3. The molecule has 0 fully saturated rings. The Morgan fingerprint density at radius 2 is 1.95 bits per heavy atom. The molecule has 100 valence electrons. The molecule has 0 heterocycles. The summed E-state index contributed by atoms with van der Waals surface area (Å²) >= 11 is 3.31. The van der Waals surface area contributed by atoms with Crippen LogP contribution in [0.25, 0.3) is 0 Å². The molecule has 19 heavy (non-hydrogen) atoms. The molecule has 0 unspecified atom stereocenters. The fourth-order valence-corrected chi connectivity index (χ4v) is 1.98. The van der Waals surface area contributed by atoms with Crippen molar-refractivity contribution in [2.24, 2.45) is 0 Å². The van der Waals surface area contributed by atoms with Crippen molar-refractivity contribution in [2.75, 3.05) is 18.2 Å². The smallest absolute Gasteiger partial charge is 0.184 e. The fraction of sp³-hybridized carbons (Fsp3) is 0.0769. The number of ether oxygens (including phenoxy) is 1. The lowest BCUT2D eigenvalue weighted by molar-refractivity contribution is 0.412. The van der Waals surface area contributed by atoms with E-state index in [9.17, 15) is 8.78 Å². The van der Waals surface area contributed by atoms with Gasteiger partial charge >= 0.3 is 0 Å². The summed E-state index contributed by atoms with van der Waals surface area (Å²) in [4.78, 5) is 0. The number of nitrogen functional groups attached to an aromatic ring is 1. The van der Waals surface area contributed by atoms with Crippen LogP contribution in [0, 0.1) is 11.6 Å². The molecule has 2 rings (SSSR count). The largest absolute Gasteiger partial charge is 0.495 e. The van der Waals surface area contributed by atoms with Gasteiger partial charge in [0.05, 0.1) is 17.3 Å². The van der Waals surface area contributed by atoms with Gasteiger partial charge in [0, 0.05) is 11.8 Å². The van der Waals surface area contributed by atoms with Gasteiger partial charge in [-0.25, -0.2) is 8.78 Å². The molecule has 0 saturated carbocycles. The predicted octanol–water partition coefficient (Wildman–Crippen LogP) is 4.06. The van der Waals surface area contributed by atoms with E-state index in [0.717, 1.165) is 10.5 Å². The lowest BCUT2D eigenvalue weighted by atomic mass is 10.2. The quantitative estimate of drug-likeness (QED) is 0.835. The molecule has 0 aliphatic heterocycles. The summed E-state index contributed by atoms with van der Waals surface area (Å²) in [5, 5.41) is 2.74. The second-order valence-electron chi connectivity index (χ2n) is 3.80. The highest BCUT2D eigenvalue weighted by Crippen LogP contribution is 2.32. The average molecular weight is 329 g/mol. The second-order valence-corrected chi connectivity index (χ2v) is 4.65. The van der Waals surface area contributed by atoms with Gasteiger partial charge in [0.1, 0.15) is 11.4 Å². The molecule has 0 atom stereocenters. The van der Waals surface area contributed by atoms with Gasteiger partial charge in [-0.05, 0) is 40.2 Å². The van der Waals surface area contributed by atoms with Crippen LogP contribution in [0.2, 0.25) is 0 Å². The number of hydrogen-bond donors (Lipinski definition) is 2. The second kappa shape index (κ2) is 5.44. The van der Waals surface area contributed by atoms with E-state index in [0.29, 0.717) is 11.4 Å². The number of anilines is 3. The minimum atomic E-state index is -1.01. The molecule has 2 aromatic rings. The molecular formula is C13H11BrF2N2O. The van der Waals surface area contributed by atoms with Crippen LogP contribution in [0.15, 0.2) is 34.8 Å². The minimum Gasteiger partial charge on any atom is -0.495 e. The SMILES string of the molecule is COc1cc(Nc2c(N)ccc(F)c2F)ccc1Br. The lowest BCUT2D eigenvalue weighted by Gasteiger charge is -2.12. The van der Waals surface area contributed by atoms with Crippen LogP contribution in [0.3, 0.4) is 0 Å². The Labute approximate surface area is 117 Å². The van der Waals surface area contributed by atoms with Gasteiger partial charge in [-0.3, -0.25) is 0 Å². The third-order valence-electron chi connectivity index (χ3n) is 2.55. The van der Waals surface area contributed by atoms with Crippen LogP contribution < -0.4 is 15.8 Å². The standard InChI is InChI=1S/C13H11BrF2N2O/c1-19-11-6-7(2-3-8(11)14)18-13-10(17)5-4-9(15)12(13)16/h2-6,18H,17H2,1H3. The molecule has 3 nitrogen and oxygen atoms in total. The summed E-state index contributed by atoms with van der Waals surface area (Å²) in [6, 6.07) is 7.35. The van der Waals surface area contributed by atoms with Crippen molar-refractivity contribution < 1.29 is 13.5 Å². The summed E-state index contributed by atoms with van der Waals surface area (Å²) in [5.41, 5.74) is 6.20. The molecule has 3 N–H and O–H groups in total. The van der Waals surface area contributed by atoms with Crippen LogP contribution in [-0.2, 0) is 0 Å². The van der Waals surface area contributed by atoms with E-state index in [-0.39, 0.29) is 11.4 Å². The van der Waals surface area contributed by atoms with E-state index in [1.807, 2.05) is 0 Å². The predicted molar refractivity (Wildman–Crippen MR) is 74.7 cm³/mol. The fourth-order valence-electron chi connectivity index (χ4n) is 1.57. The lowest BCUT2D eigenvalue weighted by Crippen LogP contribution is -2.01. The third-order valence-corrected chi connectivity index (χ3v) is 3.20. The molecular weight excluding hydrogens is 318 g/mol. The number of methoxy groups -OCH3 is 1. The van der Waals surface area contributed by atoms with Crippen LogP contribution in [0.4, 0.5) is 25.8 Å². The molecule has 0 amide bonds. The van der Waals surface area contributed by atoms with Crippen LogP contribution in [0.5, 0.6) is 5.75 Å². The maximum atomic E-state index is 13.7. The number of benzene rings is 2. The minimum absolute atomic E-state index is 0.0932. The van der Waals surface area contributed by atoms with Gasteiger partial charge < -0.3 is 15.8 Å². The molecule has 0 aliphatic carbocycles. The monoisotopic (exact) mass is 328 g/mol. The Balaban J connectivity index is 2.39. The molecule has 0 bridgehead atoms. The molecule has 0 aromatic heterocycles. The maximum Gasteiger partial charge on any atom is 0.184 e. The van der Waals surface area contributed by atoms with Crippen LogP contribution in [-0.4, -0.2) is 7.11 Å². The van der Waals surface area contributed by atoms with Gasteiger partial charge in [-0.1, -0.05) is 0 Å². The molecule has 0 radical (unpaired) electrons. The number of nitrogens with two attached hydrogens (primary N) is 1. The van der Waals surface area contributed by atoms with Crippen molar-refractivity contribution in [1.82, 2.24) is 0 Å². The first-order valence-corrected chi connectivity index (χ1v) is 6.16. The van der Waals surface area contributed by atoms with Crippen LogP contribution >= 0.6 is 15.9 Å². The van der Waals surface area contributed by atoms with Gasteiger partial charge in [-0.15, -0.1) is 0 Å². The first-order valence-electron chi connectivity index (χ1n) is 5.37. The van der Waals surface area contributed by atoms with Crippen molar-refractivity contribution in [2.45, 2.75) is 0 Å². The van der Waals surface area contributed by atoms with Crippen molar-refractivity contribution >= 4 is 33.0 Å².